The average Bonchev–Trinajstić information content (AvgIpc) is 3.13. The van der Waals surface area contributed by atoms with Gasteiger partial charge in [-0.3, -0.25) is 0 Å². The lowest BCUT2D eigenvalue weighted by molar-refractivity contribution is 0.517. The molecular weight excluding hydrogens is 312 g/mol. The van der Waals surface area contributed by atoms with Gasteiger partial charge in [-0.05, 0) is 37.1 Å². The summed E-state index contributed by atoms with van der Waals surface area (Å²) in [4.78, 5) is 12.0. The minimum Gasteiger partial charge on any atom is -0.467 e. The molecule has 3 aromatic rings. The molecule has 0 saturated carbocycles. The van der Waals surface area contributed by atoms with Crippen LogP contribution in [-0.2, 0) is 6.54 Å². The van der Waals surface area contributed by atoms with E-state index < -0.39 is 0 Å². The topological polar surface area (TPSA) is 54.2 Å². The molecule has 0 unspecified atom stereocenters. The highest BCUT2D eigenvalue weighted by atomic mass is 16.3. The van der Waals surface area contributed by atoms with E-state index in [0.717, 1.165) is 35.6 Å². The molecule has 1 aliphatic rings. The Morgan fingerprint density at radius 2 is 1.72 bits per heavy atom. The van der Waals surface area contributed by atoms with Gasteiger partial charge in [0.25, 0.3) is 0 Å². The number of nitrogens with zero attached hydrogens (tertiary/aromatic N) is 3. The number of furan rings is 1. The van der Waals surface area contributed by atoms with Crippen LogP contribution in [0.5, 0.6) is 0 Å². The molecule has 1 aromatic carbocycles. The van der Waals surface area contributed by atoms with Crippen LogP contribution in [-0.4, -0.2) is 23.1 Å². The highest BCUT2D eigenvalue weighted by Crippen LogP contribution is 2.27. The maximum Gasteiger partial charge on any atom is 0.225 e. The molecule has 0 atom stereocenters. The van der Waals surface area contributed by atoms with E-state index in [9.17, 15) is 0 Å². The van der Waals surface area contributed by atoms with Gasteiger partial charge in [0.2, 0.25) is 5.95 Å². The van der Waals surface area contributed by atoms with Crippen molar-refractivity contribution in [1.82, 2.24) is 9.97 Å². The molecule has 25 heavy (non-hydrogen) atoms. The number of para-hydroxylation sites is 1. The maximum absolute atomic E-state index is 5.39. The molecule has 1 fully saturated rings. The average molecular weight is 336 g/mol. The first-order chi connectivity index (χ1) is 12.4. The summed E-state index contributed by atoms with van der Waals surface area (Å²) in [5.74, 6) is 2.59. The normalized spacial score (nSPS) is 15.8. The first kappa shape index (κ1) is 15.9. The molecular formula is C20H24N4O. The molecule has 0 radical (unpaired) electrons. The van der Waals surface area contributed by atoms with Gasteiger partial charge in [0.15, 0.2) is 0 Å². The zero-order valence-corrected chi connectivity index (χ0v) is 14.4. The van der Waals surface area contributed by atoms with Crippen molar-refractivity contribution < 1.29 is 4.42 Å². The Kier molecular flexibility index (Phi) is 4.81. The van der Waals surface area contributed by atoms with Gasteiger partial charge >= 0.3 is 0 Å². The number of hydrogen-bond acceptors (Lipinski definition) is 5. The second-order valence-corrected chi connectivity index (χ2v) is 6.58. The fraction of sp³-hybridized carbons (Fsp3) is 0.400. The van der Waals surface area contributed by atoms with Gasteiger partial charge < -0.3 is 14.6 Å². The number of aromatic nitrogens is 2. The Morgan fingerprint density at radius 1 is 0.920 bits per heavy atom. The van der Waals surface area contributed by atoms with Gasteiger partial charge in [0, 0.05) is 18.5 Å². The van der Waals surface area contributed by atoms with Crippen molar-refractivity contribution in [3.8, 4) is 0 Å². The van der Waals surface area contributed by atoms with Crippen molar-refractivity contribution in [2.45, 2.75) is 38.6 Å². The van der Waals surface area contributed by atoms with E-state index in [-0.39, 0.29) is 0 Å². The van der Waals surface area contributed by atoms with Crippen LogP contribution in [0.2, 0.25) is 0 Å². The van der Waals surface area contributed by atoms with E-state index in [0.29, 0.717) is 12.5 Å². The third-order valence-electron chi connectivity index (χ3n) is 4.74. The molecule has 0 spiro atoms. The molecule has 0 amide bonds. The van der Waals surface area contributed by atoms with Crippen LogP contribution in [0.4, 0.5) is 11.8 Å². The van der Waals surface area contributed by atoms with E-state index in [4.69, 9.17) is 9.40 Å². The van der Waals surface area contributed by atoms with Crippen LogP contribution in [0, 0.1) is 0 Å². The molecule has 130 valence electrons. The third kappa shape index (κ3) is 3.76. The maximum atomic E-state index is 5.39. The first-order valence-electron chi connectivity index (χ1n) is 9.18. The fourth-order valence-electron chi connectivity index (χ4n) is 3.42. The summed E-state index contributed by atoms with van der Waals surface area (Å²) >= 11 is 0. The summed E-state index contributed by atoms with van der Waals surface area (Å²) in [6.45, 7) is 2.72. The molecule has 1 aliphatic heterocycles. The van der Waals surface area contributed by atoms with E-state index in [2.05, 4.69) is 33.4 Å². The van der Waals surface area contributed by atoms with Crippen LogP contribution in [0.1, 0.15) is 37.9 Å². The van der Waals surface area contributed by atoms with Crippen molar-refractivity contribution >= 4 is 22.7 Å². The van der Waals surface area contributed by atoms with E-state index >= 15 is 0 Å². The summed E-state index contributed by atoms with van der Waals surface area (Å²) in [5.41, 5.74) is 0.983. The zero-order chi connectivity index (χ0) is 16.9. The van der Waals surface area contributed by atoms with Crippen LogP contribution in [0.25, 0.3) is 10.9 Å². The number of anilines is 2. The predicted octanol–water partition coefficient (Wildman–Crippen LogP) is 4.61. The summed E-state index contributed by atoms with van der Waals surface area (Å²) < 4.78 is 5.39. The van der Waals surface area contributed by atoms with Gasteiger partial charge in [-0.25, -0.2) is 4.98 Å². The number of rotatable bonds is 4. The van der Waals surface area contributed by atoms with Crippen LogP contribution < -0.4 is 10.2 Å². The van der Waals surface area contributed by atoms with E-state index in [1.54, 1.807) is 6.26 Å². The van der Waals surface area contributed by atoms with Gasteiger partial charge in [-0.1, -0.05) is 31.4 Å². The number of nitrogens with one attached hydrogen (secondary N) is 1. The quantitative estimate of drug-likeness (QED) is 0.754. The highest BCUT2D eigenvalue weighted by molar-refractivity contribution is 5.90. The van der Waals surface area contributed by atoms with Gasteiger partial charge in [-0.15, -0.1) is 0 Å². The largest absolute Gasteiger partial charge is 0.467 e. The first-order valence-corrected chi connectivity index (χ1v) is 9.18. The molecule has 0 aliphatic carbocycles. The summed E-state index contributed by atoms with van der Waals surface area (Å²) in [7, 11) is 0. The molecule has 1 N–H and O–H groups in total. The Labute approximate surface area is 148 Å². The fourth-order valence-corrected chi connectivity index (χ4v) is 3.42. The number of benzene rings is 1. The lowest BCUT2D eigenvalue weighted by Gasteiger charge is -2.27. The van der Waals surface area contributed by atoms with Gasteiger partial charge in [-0.2, -0.15) is 4.98 Å². The Hall–Kier alpha value is -2.56. The number of fused-ring (bicyclic) bond motifs is 1. The van der Waals surface area contributed by atoms with Gasteiger partial charge in [0.05, 0.1) is 18.3 Å². The van der Waals surface area contributed by atoms with E-state index in [1.165, 1.54) is 32.1 Å². The van der Waals surface area contributed by atoms with Crippen molar-refractivity contribution in [1.29, 1.82) is 0 Å². The molecule has 4 rings (SSSR count). The van der Waals surface area contributed by atoms with Crippen LogP contribution in [0.15, 0.2) is 47.1 Å². The van der Waals surface area contributed by atoms with Crippen molar-refractivity contribution in [2.75, 3.05) is 23.3 Å². The second-order valence-electron chi connectivity index (χ2n) is 6.58. The molecule has 3 heterocycles. The Morgan fingerprint density at radius 3 is 2.52 bits per heavy atom. The monoisotopic (exact) mass is 336 g/mol. The SMILES string of the molecule is c1coc(CNc2nc(N3CCCCCCC3)c3ccccc3n2)c1. The molecule has 5 heteroatoms. The van der Waals surface area contributed by atoms with Crippen molar-refractivity contribution in [2.24, 2.45) is 0 Å². The van der Waals surface area contributed by atoms with Crippen LogP contribution >= 0.6 is 0 Å². The second kappa shape index (κ2) is 7.55. The summed E-state index contributed by atoms with van der Waals surface area (Å²) in [6.07, 6.45) is 8.12. The molecule has 1 saturated heterocycles. The zero-order valence-electron chi connectivity index (χ0n) is 14.4. The van der Waals surface area contributed by atoms with Gasteiger partial charge in [0.1, 0.15) is 11.6 Å². The number of hydrogen-bond donors (Lipinski definition) is 1. The minimum atomic E-state index is 0.588. The minimum absolute atomic E-state index is 0.588. The highest BCUT2D eigenvalue weighted by Gasteiger charge is 2.15. The Bertz CT molecular complexity index is 808. The Balaban J connectivity index is 1.65. The van der Waals surface area contributed by atoms with E-state index in [1.807, 2.05) is 18.2 Å². The smallest absolute Gasteiger partial charge is 0.225 e. The third-order valence-corrected chi connectivity index (χ3v) is 4.74. The molecule has 2 aromatic heterocycles. The predicted molar refractivity (Wildman–Crippen MR) is 101 cm³/mol. The summed E-state index contributed by atoms with van der Waals surface area (Å²) in [6, 6.07) is 12.1. The van der Waals surface area contributed by atoms with Crippen molar-refractivity contribution in [3.05, 3.63) is 48.4 Å². The van der Waals surface area contributed by atoms with Crippen LogP contribution in [0.3, 0.4) is 0 Å². The molecule has 0 bridgehead atoms. The lowest BCUT2D eigenvalue weighted by Crippen LogP contribution is -2.28. The van der Waals surface area contributed by atoms with Crippen molar-refractivity contribution in [3.63, 3.8) is 0 Å². The molecule has 5 nitrogen and oxygen atoms in total. The standard InChI is InChI=1S/C20H24N4O/c1-2-6-12-24(13-7-3-1)19-17-10-4-5-11-18(17)22-20(23-19)21-15-16-9-8-14-25-16/h4-5,8-11,14H,1-3,6-7,12-13,15H2,(H,21,22,23). The lowest BCUT2D eigenvalue weighted by atomic mass is 10.1. The summed E-state index contributed by atoms with van der Waals surface area (Å²) in [5, 5.41) is 4.44.